The van der Waals surface area contributed by atoms with E-state index < -0.39 is 5.54 Å². The van der Waals surface area contributed by atoms with Gasteiger partial charge in [0.25, 0.3) is 0 Å². The molecule has 1 aliphatic rings. The standard InChI is InChI=1S/C13H17FN2O/c1-13(12(15)17,8-9-2-3-9)16-11-6-4-10(14)5-7-11/h4-7,9,16H,2-3,8H2,1H3,(H2,15,17). The van der Waals surface area contributed by atoms with Gasteiger partial charge in [-0.15, -0.1) is 0 Å². The van der Waals surface area contributed by atoms with Crippen LogP contribution in [-0.4, -0.2) is 11.4 Å². The van der Waals surface area contributed by atoms with E-state index in [4.69, 9.17) is 5.73 Å². The lowest BCUT2D eigenvalue weighted by atomic mass is 9.93. The number of carbonyl (C=O) groups excluding carboxylic acids is 1. The molecular formula is C13H17FN2O. The highest BCUT2D eigenvalue weighted by atomic mass is 19.1. The van der Waals surface area contributed by atoms with Gasteiger partial charge in [0.05, 0.1) is 0 Å². The van der Waals surface area contributed by atoms with E-state index in [2.05, 4.69) is 5.32 Å². The van der Waals surface area contributed by atoms with Crippen molar-refractivity contribution in [2.75, 3.05) is 5.32 Å². The molecule has 0 spiro atoms. The van der Waals surface area contributed by atoms with E-state index in [1.54, 1.807) is 19.1 Å². The summed E-state index contributed by atoms with van der Waals surface area (Å²) in [6, 6.07) is 5.95. The molecule has 1 aliphatic carbocycles. The fourth-order valence-electron chi connectivity index (χ4n) is 1.96. The van der Waals surface area contributed by atoms with Crippen LogP contribution in [0.4, 0.5) is 10.1 Å². The van der Waals surface area contributed by atoms with Gasteiger partial charge in [-0.2, -0.15) is 0 Å². The van der Waals surface area contributed by atoms with Gasteiger partial charge in [-0.3, -0.25) is 4.79 Å². The number of nitrogens with two attached hydrogens (primary N) is 1. The molecule has 17 heavy (non-hydrogen) atoms. The number of hydrogen-bond donors (Lipinski definition) is 2. The summed E-state index contributed by atoms with van der Waals surface area (Å²) in [6.45, 7) is 1.80. The van der Waals surface area contributed by atoms with Crippen molar-refractivity contribution in [1.29, 1.82) is 0 Å². The van der Waals surface area contributed by atoms with E-state index in [0.29, 0.717) is 11.6 Å². The molecule has 1 atom stereocenters. The average Bonchev–Trinajstić information content (AvgIpc) is 3.05. The minimum absolute atomic E-state index is 0.293. The Labute approximate surface area is 100 Å². The van der Waals surface area contributed by atoms with Crippen molar-refractivity contribution < 1.29 is 9.18 Å². The molecule has 0 radical (unpaired) electrons. The largest absolute Gasteiger partial charge is 0.371 e. The quantitative estimate of drug-likeness (QED) is 0.824. The van der Waals surface area contributed by atoms with E-state index in [1.165, 1.54) is 12.1 Å². The number of anilines is 1. The number of hydrogen-bond acceptors (Lipinski definition) is 2. The Morgan fingerprint density at radius 1 is 1.47 bits per heavy atom. The van der Waals surface area contributed by atoms with Gasteiger partial charge >= 0.3 is 0 Å². The summed E-state index contributed by atoms with van der Waals surface area (Å²) >= 11 is 0. The lowest BCUT2D eigenvalue weighted by Crippen LogP contribution is -2.48. The monoisotopic (exact) mass is 236 g/mol. The molecule has 0 aliphatic heterocycles. The molecule has 1 fully saturated rings. The van der Waals surface area contributed by atoms with Crippen molar-refractivity contribution >= 4 is 11.6 Å². The van der Waals surface area contributed by atoms with E-state index in [9.17, 15) is 9.18 Å². The second kappa shape index (κ2) is 4.35. The van der Waals surface area contributed by atoms with Crippen molar-refractivity contribution in [2.24, 2.45) is 11.7 Å². The highest BCUT2D eigenvalue weighted by molar-refractivity contribution is 5.87. The van der Waals surface area contributed by atoms with Crippen molar-refractivity contribution in [3.05, 3.63) is 30.1 Å². The molecule has 1 unspecified atom stereocenters. The average molecular weight is 236 g/mol. The molecule has 0 aromatic heterocycles. The van der Waals surface area contributed by atoms with Crippen molar-refractivity contribution in [3.8, 4) is 0 Å². The smallest absolute Gasteiger partial charge is 0.242 e. The maximum Gasteiger partial charge on any atom is 0.242 e. The van der Waals surface area contributed by atoms with E-state index >= 15 is 0 Å². The molecule has 1 aromatic rings. The van der Waals surface area contributed by atoms with Crippen LogP contribution >= 0.6 is 0 Å². The summed E-state index contributed by atoms with van der Waals surface area (Å²) in [6.07, 6.45) is 3.06. The second-order valence-electron chi connectivity index (χ2n) is 4.98. The normalized spacial score (nSPS) is 18.5. The first-order valence-electron chi connectivity index (χ1n) is 5.83. The molecule has 0 saturated heterocycles. The van der Waals surface area contributed by atoms with Gasteiger partial charge in [0, 0.05) is 5.69 Å². The first-order valence-corrected chi connectivity index (χ1v) is 5.83. The molecule has 92 valence electrons. The molecular weight excluding hydrogens is 219 g/mol. The SMILES string of the molecule is CC(CC1CC1)(Nc1ccc(F)cc1)C(N)=O. The molecule has 3 nitrogen and oxygen atoms in total. The molecule has 1 saturated carbocycles. The van der Waals surface area contributed by atoms with E-state index in [1.807, 2.05) is 0 Å². The molecule has 4 heteroatoms. The first kappa shape index (κ1) is 11.9. The Balaban J connectivity index is 2.11. The Hall–Kier alpha value is -1.58. The fourth-order valence-corrected chi connectivity index (χ4v) is 1.96. The number of benzene rings is 1. The zero-order valence-electron chi connectivity index (χ0n) is 9.87. The summed E-state index contributed by atoms with van der Waals surface area (Å²) < 4.78 is 12.8. The third-order valence-electron chi connectivity index (χ3n) is 3.20. The minimum Gasteiger partial charge on any atom is -0.371 e. The highest BCUT2D eigenvalue weighted by Crippen LogP contribution is 2.37. The third-order valence-corrected chi connectivity index (χ3v) is 3.20. The number of halogens is 1. The Morgan fingerprint density at radius 2 is 2.06 bits per heavy atom. The summed E-state index contributed by atoms with van der Waals surface area (Å²) in [7, 11) is 0. The first-order chi connectivity index (χ1) is 7.99. The zero-order chi connectivity index (χ0) is 12.5. The molecule has 3 N–H and O–H groups in total. The number of nitrogens with one attached hydrogen (secondary N) is 1. The van der Waals surface area contributed by atoms with E-state index in [0.717, 1.165) is 19.3 Å². The number of rotatable bonds is 5. The van der Waals surface area contributed by atoms with Gasteiger partial charge in [-0.05, 0) is 43.5 Å². The maximum atomic E-state index is 12.8. The lowest BCUT2D eigenvalue weighted by molar-refractivity contribution is -0.122. The van der Waals surface area contributed by atoms with Crippen LogP contribution in [0.3, 0.4) is 0 Å². The van der Waals surface area contributed by atoms with Crippen LogP contribution in [0.2, 0.25) is 0 Å². The highest BCUT2D eigenvalue weighted by Gasteiger charge is 2.37. The molecule has 1 aromatic carbocycles. The fraction of sp³-hybridized carbons (Fsp3) is 0.462. The molecule has 2 rings (SSSR count). The van der Waals surface area contributed by atoms with Crippen LogP contribution in [-0.2, 0) is 4.79 Å². The number of carbonyl (C=O) groups is 1. The van der Waals surface area contributed by atoms with E-state index in [-0.39, 0.29) is 11.7 Å². The van der Waals surface area contributed by atoms with Crippen LogP contribution < -0.4 is 11.1 Å². The van der Waals surface area contributed by atoms with Crippen LogP contribution in [0, 0.1) is 11.7 Å². The Morgan fingerprint density at radius 3 is 2.53 bits per heavy atom. The summed E-state index contributed by atoms with van der Waals surface area (Å²) in [4.78, 5) is 11.5. The van der Waals surface area contributed by atoms with Gasteiger partial charge in [0.1, 0.15) is 11.4 Å². The van der Waals surface area contributed by atoms with Crippen LogP contribution in [0.15, 0.2) is 24.3 Å². The Bertz CT molecular complexity index is 414. The lowest BCUT2D eigenvalue weighted by Gasteiger charge is -2.28. The van der Waals surface area contributed by atoms with Gasteiger partial charge in [-0.1, -0.05) is 12.8 Å². The maximum absolute atomic E-state index is 12.8. The van der Waals surface area contributed by atoms with Crippen molar-refractivity contribution in [1.82, 2.24) is 0 Å². The number of amides is 1. The van der Waals surface area contributed by atoms with Crippen molar-refractivity contribution in [3.63, 3.8) is 0 Å². The third kappa shape index (κ3) is 2.96. The predicted molar refractivity (Wildman–Crippen MR) is 65.0 cm³/mol. The topological polar surface area (TPSA) is 55.1 Å². The number of primary amides is 1. The van der Waals surface area contributed by atoms with Crippen molar-refractivity contribution in [2.45, 2.75) is 31.7 Å². The second-order valence-corrected chi connectivity index (χ2v) is 4.98. The molecule has 0 bridgehead atoms. The van der Waals surface area contributed by atoms with Crippen LogP contribution in [0.25, 0.3) is 0 Å². The summed E-state index contributed by atoms with van der Waals surface area (Å²) in [5, 5.41) is 3.11. The van der Waals surface area contributed by atoms with Gasteiger partial charge in [0.15, 0.2) is 0 Å². The summed E-state index contributed by atoms with van der Waals surface area (Å²) in [5.41, 5.74) is 5.41. The van der Waals surface area contributed by atoms with Gasteiger partial charge in [-0.25, -0.2) is 4.39 Å². The van der Waals surface area contributed by atoms with Gasteiger partial charge < -0.3 is 11.1 Å². The Kier molecular flexibility index (Phi) is 3.05. The predicted octanol–water partition coefficient (Wildman–Crippen LogP) is 2.28. The summed E-state index contributed by atoms with van der Waals surface area (Å²) in [5.74, 6) is -0.0762. The molecule has 0 heterocycles. The zero-order valence-corrected chi connectivity index (χ0v) is 9.87. The van der Waals surface area contributed by atoms with Crippen LogP contribution in [0.1, 0.15) is 26.2 Å². The van der Waals surface area contributed by atoms with Gasteiger partial charge in [0.2, 0.25) is 5.91 Å². The molecule has 1 amide bonds. The van der Waals surface area contributed by atoms with Crippen LogP contribution in [0.5, 0.6) is 0 Å². The minimum atomic E-state index is -0.751.